The fourth-order valence-corrected chi connectivity index (χ4v) is 4.06. The normalized spacial score (nSPS) is 27.4. The number of alkyl halides is 2. The number of amides is 1. The van der Waals surface area contributed by atoms with Gasteiger partial charge in [0.1, 0.15) is 48.9 Å². The number of aliphatic carboxylic acids is 2. The fraction of sp³-hybridized carbons (Fsp3) is 0.600. The van der Waals surface area contributed by atoms with E-state index in [4.69, 9.17) is 41.4 Å². The zero-order chi connectivity index (χ0) is 32.4. The van der Waals surface area contributed by atoms with Gasteiger partial charge in [0.2, 0.25) is 5.91 Å². The van der Waals surface area contributed by atoms with Crippen LogP contribution < -0.4 is 17.2 Å². The zero-order valence-corrected chi connectivity index (χ0v) is 23.1. The van der Waals surface area contributed by atoms with Gasteiger partial charge in [-0.05, 0) is 19.4 Å². The zero-order valence-electron chi connectivity index (χ0n) is 23.1. The van der Waals surface area contributed by atoms with Crippen LogP contribution in [0.3, 0.4) is 0 Å². The van der Waals surface area contributed by atoms with Gasteiger partial charge in [-0.15, -0.1) is 0 Å². The molecule has 0 aliphatic carbocycles. The minimum absolute atomic E-state index is 0.0228. The Morgan fingerprint density at radius 3 is 2.12 bits per heavy atom. The second kappa shape index (κ2) is 16.1. The summed E-state index contributed by atoms with van der Waals surface area (Å²) in [6, 6.07) is 0.376. The molecule has 7 atom stereocenters. The van der Waals surface area contributed by atoms with Gasteiger partial charge in [-0.2, -0.15) is 4.98 Å². The Balaban J connectivity index is 0.000000234. The molecule has 18 heteroatoms. The number of aliphatic hydroxyl groups is 2. The van der Waals surface area contributed by atoms with Crippen molar-refractivity contribution in [1.82, 2.24) is 14.5 Å². The van der Waals surface area contributed by atoms with Crippen molar-refractivity contribution in [2.75, 3.05) is 18.9 Å². The highest BCUT2D eigenvalue weighted by Crippen LogP contribution is 2.30. The van der Waals surface area contributed by atoms with Crippen molar-refractivity contribution in [3.8, 4) is 0 Å². The number of halogens is 2. The van der Waals surface area contributed by atoms with Gasteiger partial charge < -0.3 is 41.4 Å². The number of aromatic nitrogens is 2. The molecule has 7 unspecified atom stereocenters. The number of ketones is 1. The van der Waals surface area contributed by atoms with Gasteiger partial charge in [0.25, 0.3) is 0 Å². The number of anilines is 1. The molecular formula is C25H35F2N5O11. The first kappa shape index (κ1) is 35.4. The van der Waals surface area contributed by atoms with E-state index in [1.54, 1.807) is 6.92 Å². The van der Waals surface area contributed by atoms with E-state index in [2.05, 4.69) is 4.98 Å². The molecule has 3 aliphatic rings. The van der Waals surface area contributed by atoms with E-state index in [1.165, 1.54) is 27.9 Å². The van der Waals surface area contributed by atoms with Crippen molar-refractivity contribution >= 4 is 29.4 Å². The summed E-state index contributed by atoms with van der Waals surface area (Å²) in [6.07, 6.45) is -3.37. The SMILES string of the molecule is CC1=CN(C2CC(F)C(CO)O2)C(=O)CC1=O.NC(CCC(=O)O)C(=O)O.Nc1ccn(C2CC(F)C(CO)O2)c(=O)n1. The van der Waals surface area contributed by atoms with Crippen molar-refractivity contribution < 1.29 is 57.9 Å². The summed E-state index contributed by atoms with van der Waals surface area (Å²) in [4.78, 5) is 59.0. The molecule has 8 N–H and O–H groups in total. The molecule has 0 spiro atoms. The van der Waals surface area contributed by atoms with E-state index in [0.29, 0.717) is 5.57 Å². The minimum atomic E-state index is -1.29. The number of carbonyl (C=O) groups excluding carboxylic acids is 2. The average molecular weight is 620 g/mol. The molecule has 43 heavy (non-hydrogen) atoms. The molecule has 16 nitrogen and oxygen atoms in total. The fourth-order valence-electron chi connectivity index (χ4n) is 4.06. The molecular weight excluding hydrogens is 584 g/mol. The number of carboxylic acids is 2. The van der Waals surface area contributed by atoms with Crippen molar-refractivity contribution in [3.63, 3.8) is 0 Å². The molecule has 4 rings (SSSR count). The number of Topliss-reactive ketones (excluding diaryl/α,β-unsaturated/α-hetero) is 1. The van der Waals surface area contributed by atoms with E-state index < -0.39 is 79.8 Å². The van der Waals surface area contributed by atoms with Gasteiger partial charge in [-0.3, -0.25) is 28.6 Å². The van der Waals surface area contributed by atoms with Crippen molar-refractivity contribution in [3.05, 3.63) is 34.5 Å². The number of ether oxygens (including phenoxy) is 2. The highest BCUT2D eigenvalue weighted by molar-refractivity contribution is 6.09. The first-order valence-electron chi connectivity index (χ1n) is 13.1. The lowest BCUT2D eigenvalue weighted by atomic mass is 10.1. The predicted octanol–water partition coefficient (Wildman–Crippen LogP) is -1.16. The summed E-state index contributed by atoms with van der Waals surface area (Å²) in [5, 5.41) is 34.0. The summed E-state index contributed by atoms with van der Waals surface area (Å²) < 4.78 is 38.3. The largest absolute Gasteiger partial charge is 0.481 e. The van der Waals surface area contributed by atoms with E-state index in [9.17, 15) is 32.8 Å². The number of hydrogen-bond acceptors (Lipinski definition) is 12. The number of aliphatic hydroxyl groups excluding tert-OH is 2. The van der Waals surface area contributed by atoms with E-state index in [1.807, 2.05) is 0 Å². The molecule has 3 aliphatic heterocycles. The molecule has 0 radical (unpaired) electrons. The number of allylic oxidation sites excluding steroid dienone is 1. The van der Waals surface area contributed by atoms with Crippen LogP contribution >= 0.6 is 0 Å². The number of nitrogen functional groups attached to an aromatic ring is 1. The van der Waals surface area contributed by atoms with Crippen LogP contribution in [0.25, 0.3) is 0 Å². The molecule has 1 amide bonds. The molecule has 0 bridgehead atoms. The second-order valence-electron chi connectivity index (χ2n) is 9.76. The van der Waals surface area contributed by atoms with Crippen LogP contribution in [0.4, 0.5) is 14.6 Å². The van der Waals surface area contributed by atoms with Crippen LogP contribution in [0.1, 0.15) is 45.3 Å². The Kier molecular flexibility index (Phi) is 13.3. The van der Waals surface area contributed by atoms with Crippen molar-refractivity contribution in [1.29, 1.82) is 0 Å². The van der Waals surface area contributed by atoms with Crippen LogP contribution in [-0.4, -0.2) is 109 Å². The maximum absolute atomic E-state index is 13.4. The Labute approximate surface area is 243 Å². The van der Waals surface area contributed by atoms with Gasteiger partial charge in [0, 0.05) is 37.2 Å². The third-order valence-electron chi connectivity index (χ3n) is 6.51. The number of nitrogens with zero attached hydrogens (tertiary/aromatic N) is 3. The van der Waals surface area contributed by atoms with E-state index in [-0.39, 0.29) is 43.7 Å². The molecule has 4 heterocycles. The van der Waals surface area contributed by atoms with E-state index >= 15 is 0 Å². The summed E-state index contributed by atoms with van der Waals surface area (Å²) in [5.74, 6) is -2.70. The first-order chi connectivity index (χ1) is 20.2. The van der Waals surface area contributed by atoms with Crippen LogP contribution in [0.15, 0.2) is 28.8 Å². The lowest BCUT2D eigenvalue weighted by Gasteiger charge is -2.28. The van der Waals surface area contributed by atoms with Gasteiger partial charge in [0.15, 0.2) is 5.78 Å². The maximum atomic E-state index is 13.4. The summed E-state index contributed by atoms with van der Waals surface area (Å²) >= 11 is 0. The topological polar surface area (TPSA) is 258 Å². The standard InChI is InChI=1S/C11H14FNO4.C9H12FN3O3.C5H9NO4/c1-6-4-13(10(16)3-8(6)15)11-2-7(12)9(5-14)17-11;10-5-3-8(16-6(5)4-14)13-2-1-7(11)12-9(13)15;6-3(5(9)10)1-2-4(7)8/h4,7,9,11,14H,2-3,5H2,1H3;1-2,5-6,8,14H,3-4H2,(H2,11,12,15);3H,1-2,6H2,(H,7,8)(H,9,10). The van der Waals surface area contributed by atoms with Crippen molar-refractivity contribution in [2.45, 2.75) is 82.1 Å². The Morgan fingerprint density at radius 2 is 1.63 bits per heavy atom. The van der Waals surface area contributed by atoms with Crippen LogP contribution in [0.5, 0.6) is 0 Å². The number of hydrogen-bond donors (Lipinski definition) is 6. The number of nitrogens with two attached hydrogens (primary N) is 2. The van der Waals surface area contributed by atoms with Gasteiger partial charge in [-0.25, -0.2) is 13.6 Å². The minimum Gasteiger partial charge on any atom is -0.481 e. The molecule has 0 aromatic carbocycles. The smallest absolute Gasteiger partial charge is 0.351 e. The molecule has 2 saturated heterocycles. The average Bonchev–Trinajstić information content (AvgIpc) is 3.51. The molecule has 0 saturated carbocycles. The Morgan fingerprint density at radius 1 is 1.07 bits per heavy atom. The predicted molar refractivity (Wildman–Crippen MR) is 141 cm³/mol. The number of carboxylic acid groups (broad SMARTS) is 2. The molecule has 1 aromatic heterocycles. The molecule has 240 valence electrons. The monoisotopic (exact) mass is 619 g/mol. The Bertz CT molecular complexity index is 1250. The highest BCUT2D eigenvalue weighted by Gasteiger charge is 2.41. The molecule has 1 aromatic rings. The third-order valence-corrected chi connectivity index (χ3v) is 6.51. The summed E-state index contributed by atoms with van der Waals surface area (Å²) in [6.45, 7) is 0.781. The Hall–Kier alpha value is -3.84. The lowest BCUT2D eigenvalue weighted by Crippen LogP contribution is -2.40. The van der Waals surface area contributed by atoms with Crippen LogP contribution in [0.2, 0.25) is 0 Å². The highest BCUT2D eigenvalue weighted by atomic mass is 19.1. The van der Waals surface area contributed by atoms with Crippen LogP contribution in [0, 0.1) is 0 Å². The van der Waals surface area contributed by atoms with Crippen LogP contribution in [-0.2, 0) is 28.7 Å². The van der Waals surface area contributed by atoms with Crippen molar-refractivity contribution in [2.24, 2.45) is 5.73 Å². The van der Waals surface area contributed by atoms with Gasteiger partial charge in [-0.1, -0.05) is 0 Å². The third kappa shape index (κ3) is 10.1. The first-order valence-corrected chi connectivity index (χ1v) is 13.1. The maximum Gasteiger partial charge on any atom is 0.351 e. The number of rotatable bonds is 8. The van der Waals surface area contributed by atoms with E-state index in [0.717, 1.165) is 0 Å². The summed E-state index contributed by atoms with van der Waals surface area (Å²) in [7, 11) is 0. The van der Waals surface area contributed by atoms with Gasteiger partial charge >= 0.3 is 17.6 Å². The quantitative estimate of drug-likeness (QED) is 0.188. The van der Waals surface area contributed by atoms with Gasteiger partial charge in [0.05, 0.1) is 19.6 Å². The summed E-state index contributed by atoms with van der Waals surface area (Å²) in [5.41, 5.74) is 10.2. The second-order valence-corrected chi connectivity index (χ2v) is 9.76. The number of carbonyl (C=O) groups is 4. The molecule has 2 fully saturated rings. The lowest BCUT2D eigenvalue weighted by molar-refractivity contribution is -0.144.